The number of carbonyl (C=O) groups is 1. The molecule has 1 rings (SSSR count). The Hall–Kier alpha value is -0.590. The van der Waals surface area contributed by atoms with Crippen LogP contribution in [0, 0.1) is 6.92 Å². The summed E-state index contributed by atoms with van der Waals surface area (Å²) < 4.78 is 7.32. The zero-order valence-corrected chi connectivity index (χ0v) is 9.74. The quantitative estimate of drug-likeness (QED) is 0.485. The number of nitrogens with zero attached hydrogens (tertiary/aromatic N) is 2. The molecule has 0 spiro atoms. The van der Waals surface area contributed by atoms with Gasteiger partial charge in [0.05, 0.1) is 11.2 Å². The number of halogens is 1. The molecule has 1 aromatic rings. The summed E-state index contributed by atoms with van der Waals surface area (Å²) >= 11 is 2.19. The second-order valence-corrected chi connectivity index (χ2v) is 3.19. The molecule has 5 heteroatoms. The lowest BCUT2D eigenvalue weighted by molar-refractivity contribution is 0.0518. The van der Waals surface area contributed by atoms with Gasteiger partial charge in [-0.25, -0.2) is 4.79 Å². The van der Waals surface area contributed by atoms with Gasteiger partial charge in [-0.1, -0.05) is 22.6 Å². The van der Waals surface area contributed by atoms with Gasteiger partial charge < -0.3 is 4.74 Å². The molecule has 0 aliphatic carbocycles. The van der Waals surface area contributed by atoms with E-state index < -0.39 is 0 Å². The Labute approximate surface area is 90.4 Å². The van der Waals surface area contributed by atoms with Crippen LogP contribution in [0.15, 0.2) is 6.07 Å². The van der Waals surface area contributed by atoms with E-state index in [2.05, 4.69) is 27.7 Å². The molecule has 13 heavy (non-hydrogen) atoms. The summed E-state index contributed by atoms with van der Waals surface area (Å²) in [7, 11) is 0. The van der Waals surface area contributed by atoms with Crippen LogP contribution in [-0.2, 0) is 9.29 Å². The van der Waals surface area contributed by atoms with Crippen LogP contribution in [0.3, 0.4) is 0 Å². The summed E-state index contributed by atoms with van der Waals surface area (Å²) in [6.45, 7) is 4.07. The molecule has 0 saturated heterocycles. The van der Waals surface area contributed by atoms with Crippen LogP contribution in [0.2, 0.25) is 0 Å². The summed E-state index contributed by atoms with van der Waals surface area (Å²) in [5, 5.41) is 4.08. The van der Waals surface area contributed by atoms with Gasteiger partial charge in [-0.15, -0.1) is 0 Å². The van der Waals surface area contributed by atoms with Crippen molar-refractivity contribution in [3.63, 3.8) is 0 Å². The number of esters is 1. The zero-order valence-electron chi connectivity index (χ0n) is 7.58. The summed E-state index contributed by atoms with van der Waals surface area (Å²) in [5.74, 6) is -0.353. The molecule has 0 radical (unpaired) electrons. The Morgan fingerprint density at radius 1 is 1.77 bits per heavy atom. The predicted octanol–water partition coefficient (Wildman–Crippen LogP) is 1.76. The second-order valence-electron chi connectivity index (χ2n) is 2.51. The van der Waals surface area contributed by atoms with Crippen molar-refractivity contribution < 1.29 is 9.53 Å². The Bertz CT molecular complexity index is 309. The van der Waals surface area contributed by atoms with Crippen molar-refractivity contribution in [3.05, 3.63) is 17.5 Å². The maximum absolute atomic E-state index is 11.2. The highest BCUT2D eigenvalue weighted by Gasteiger charge is 2.11. The number of aromatic nitrogens is 2. The lowest BCUT2D eigenvalue weighted by Crippen LogP contribution is -2.06. The molecule has 0 N–H and O–H groups in total. The molecule has 0 atom stereocenters. The minimum atomic E-state index is -0.353. The smallest absolute Gasteiger partial charge is 0.358 e. The minimum absolute atomic E-state index is 0.353. The van der Waals surface area contributed by atoms with E-state index in [4.69, 9.17) is 4.74 Å². The number of hydrogen-bond acceptors (Lipinski definition) is 3. The monoisotopic (exact) mass is 294 g/mol. The van der Waals surface area contributed by atoms with E-state index in [1.807, 2.05) is 6.92 Å². The molecule has 0 aliphatic rings. The van der Waals surface area contributed by atoms with E-state index in [0.717, 1.165) is 10.2 Å². The summed E-state index contributed by atoms with van der Waals surface area (Å²) in [6.07, 6.45) is 0. The Kier molecular flexibility index (Phi) is 3.71. The van der Waals surface area contributed by atoms with Crippen molar-refractivity contribution in [1.29, 1.82) is 0 Å². The SMILES string of the molecule is CCOC(=O)c1cc(C)n(CI)n1. The summed E-state index contributed by atoms with van der Waals surface area (Å²) in [6, 6.07) is 1.73. The third-order valence-corrected chi connectivity index (χ3v) is 2.23. The highest BCUT2D eigenvalue weighted by molar-refractivity contribution is 14.1. The fourth-order valence-corrected chi connectivity index (χ4v) is 1.63. The zero-order chi connectivity index (χ0) is 9.84. The Morgan fingerprint density at radius 3 is 2.92 bits per heavy atom. The number of aryl methyl sites for hydroxylation is 1. The van der Waals surface area contributed by atoms with Gasteiger partial charge in [0, 0.05) is 5.69 Å². The van der Waals surface area contributed by atoms with E-state index in [9.17, 15) is 4.79 Å². The van der Waals surface area contributed by atoms with Gasteiger partial charge in [0.1, 0.15) is 0 Å². The van der Waals surface area contributed by atoms with Crippen LogP contribution in [0.4, 0.5) is 0 Å². The van der Waals surface area contributed by atoms with Crippen molar-refractivity contribution in [2.75, 3.05) is 6.61 Å². The van der Waals surface area contributed by atoms with Gasteiger partial charge in [-0.3, -0.25) is 4.68 Å². The second kappa shape index (κ2) is 4.59. The van der Waals surface area contributed by atoms with Gasteiger partial charge in [0.25, 0.3) is 0 Å². The van der Waals surface area contributed by atoms with E-state index in [1.165, 1.54) is 0 Å². The number of ether oxygens (including phenoxy) is 1. The van der Waals surface area contributed by atoms with Crippen molar-refractivity contribution >= 4 is 28.6 Å². The summed E-state index contributed by atoms with van der Waals surface area (Å²) in [5.41, 5.74) is 1.36. The first-order valence-corrected chi connectivity index (χ1v) is 5.49. The van der Waals surface area contributed by atoms with Crippen LogP contribution in [0.25, 0.3) is 0 Å². The molecule has 0 unspecified atom stereocenters. The molecule has 0 aliphatic heterocycles. The number of hydrogen-bond donors (Lipinski definition) is 0. The number of rotatable bonds is 3. The molecule has 0 fully saturated rings. The maximum Gasteiger partial charge on any atom is 0.358 e. The van der Waals surface area contributed by atoms with E-state index in [-0.39, 0.29) is 5.97 Å². The van der Waals surface area contributed by atoms with E-state index in [1.54, 1.807) is 17.7 Å². The standard InChI is InChI=1S/C8H11IN2O2/c1-3-13-8(12)7-4-6(2)11(5-9)10-7/h4H,3,5H2,1-2H3. The fraction of sp³-hybridized carbons (Fsp3) is 0.500. The lowest BCUT2D eigenvalue weighted by atomic mass is 10.4. The Balaban J connectivity index is 2.84. The van der Waals surface area contributed by atoms with Gasteiger partial charge in [0.15, 0.2) is 5.69 Å². The van der Waals surface area contributed by atoms with Crippen LogP contribution in [0.1, 0.15) is 23.1 Å². The van der Waals surface area contributed by atoms with Crippen LogP contribution >= 0.6 is 22.6 Å². The molecule has 0 bridgehead atoms. The number of carbonyl (C=O) groups excluding carboxylic acids is 1. The van der Waals surface area contributed by atoms with Gasteiger partial charge >= 0.3 is 5.97 Å². The molecule has 0 saturated carbocycles. The fourth-order valence-electron chi connectivity index (χ4n) is 0.936. The molecule has 0 aromatic carbocycles. The third kappa shape index (κ3) is 2.43. The third-order valence-electron chi connectivity index (χ3n) is 1.58. The minimum Gasteiger partial charge on any atom is -0.461 e. The van der Waals surface area contributed by atoms with E-state index >= 15 is 0 Å². The molecule has 1 aromatic heterocycles. The first-order valence-electron chi connectivity index (χ1n) is 3.96. The normalized spacial score (nSPS) is 10.1. The lowest BCUT2D eigenvalue weighted by Gasteiger charge is -1.96. The molecular formula is C8H11IN2O2. The highest BCUT2D eigenvalue weighted by atomic mass is 127. The predicted molar refractivity (Wildman–Crippen MR) is 56.9 cm³/mol. The highest BCUT2D eigenvalue weighted by Crippen LogP contribution is 2.06. The van der Waals surface area contributed by atoms with Crippen molar-refractivity contribution in [2.45, 2.75) is 18.4 Å². The van der Waals surface area contributed by atoms with Crippen molar-refractivity contribution in [2.24, 2.45) is 0 Å². The Morgan fingerprint density at radius 2 is 2.46 bits per heavy atom. The average molecular weight is 294 g/mol. The molecule has 4 nitrogen and oxygen atoms in total. The number of alkyl halides is 1. The topological polar surface area (TPSA) is 44.1 Å². The maximum atomic E-state index is 11.2. The van der Waals surface area contributed by atoms with Crippen LogP contribution in [0.5, 0.6) is 0 Å². The van der Waals surface area contributed by atoms with Crippen LogP contribution < -0.4 is 0 Å². The van der Waals surface area contributed by atoms with Gasteiger partial charge in [-0.05, 0) is 19.9 Å². The average Bonchev–Trinajstić information content (AvgIpc) is 2.47. The molecule has 72 valence electrons. The first-order chi connectivity index (χ1) is 6.19. The van der Waals surface area contributed by atoms with E-state index in [0.29, 0.717) is 12.3 Å². The van der Waals surface area contributed by atoms with Crippen LogP contribution in [-0.4, -0.2) is 22.4 Å². The molecular weight excluding hydrogens is 283 g/mol. The van der Waals surface area contributed by atoms with Gasteiger partial charge in [-0.2, -0.15) is 5.10 Å². The first kappa shape index (κ1) is 10.5. The van der Waals surface area contributed by atoms with Crippen molar-refractivity contribution in [3.8, 4) is 0 Å². The van der Waals surface area contributed by atoms with Gasteiger partial charge in [0.2, 0.25) is 0 Å². The largest absolute Gasteiger partial charge is 0.461 e. The summed E-state index contributed by atoms with van der Waals surface area (Å²) in [4.78, 5) is 11.2. The molecule has 0 amide bonds. The van der Waals surface area contributed by atoms with Crippen molar-refractivity contribution in [1.82, 2.24) is 9.78 Å². The molecule has 1 heterocycles.